The van der Waals surface area contributed by atoms with Gasteiger partial charge in [-0.2, -0.15) is 0 Å². The van der Waals surface area contributed by atoms with Gasteiger partial charge in [-0.3, -0.25) is 0 Å². The molecule has 0 heterocycles. The second kappa shape index (κ2) is 7.76. The van der Waals surface area contributed by atoms with Gasteiger partial charge in [-0.1, -0.05) is 38.8 Å². The molecular weight excluding hydrogens is 272 g/mol. The predicted octanol–water partition coefficient (Wildman–Crippen LogP) is 2.43. The standard InChI is InChI=1S/C15H26N2O2S/c1-5-13(6-2)11-17-20(18,19)15-9-14(10-16-4)8-7-12(15)3/h7-9,13,16-17H,5-6,10-11H2,1-4H3. The Morgan fingerprint density at radius 2 is 1.85 bits per heavy atom. The monoisotopic (exact) mass is 298 g/mol. The van der Waals surface area contributed by atoms with E-state index in [2.05, 4.69) is 23.9 Å². The van der Waals surface area contributed by atoms with Crippen LogP contribution in [0.4, 0.5) is 0 Å². The smallest absolute Gasteiger partial charge is 0.240 e. The molecule has 20 heavy (non-hydrogen) atoms. The number of hydrogen-bond donors (Lipinski definition) is 2. The third-order valence-corrected chi connectivity index (χ3v) is 5.21. The molecule has 0 fully saturated rings. The van der Waals surface area contributed by atoms with Crippen LogP contribution in [0.15, 0.2) is 23.1 Å². The number of nitrogens with one attached hydrogen (secondary N) is 2. The molecule has 0 bridgehead atoms. The van der Waals surface area contributed by atoms with Crippen LogP contribution in [0.5, 0.6) is 0 Å². The van der Waals surface area contributed by atoms with Gasteiger partial charge in [0.25, 0.3) is 0 Å². The predicted molar refractivity (Wildman–Crippen MR) is 83.2 cm³/mol. The Bertz CT molecular complexity index is 523. The van der Waals surface area contributed by atoms with E-state index in [1.54, 1.807) is 6.07 Å². The van der Waals surface area contributed by atoms with Crippen LogP contribution in [-0.2, 0) is 16.6 Å². The first-order valence-electron chi connectivity index (χ1n) is 7.18. The topological polar surface area (TPSA) is 58.2 Å². The van der Waals surface area contributed by atoms with E-state index in [9.17, 15) is 8.42 Å². The first-order valence-corrected chi connectivity index (χ1v) is 8.66. The van der Waals surface area contributed by atoms with Gasteiger partial charge in [0, 0.05) is 13.1 Å². The van der Waals surface area contributed by atoms with Gasteiger partial charge in [-0.05, 0) is 37.1 Å². The number of sulfonamides is 1. The second-order valence-corrected chi connectivity index (χ2v) is 6.90. The van der Waals surface area contributed by atoms with Crippen LogP contribution >= 0.6 is 0 Å². The highest BCUT2D eigenvalue weighted by Crippen LogP contribution is 2.18. The summed E-state index contributed by atoms with van der Waals surface area (Å²) in [6.45, 7) is 7.16. The molecule has 0 aliphatic rings. The Hall–Kier alpha value is -0.910. The Kier molecular flexibility index (Phi) is 6.65. The van der Waals surface area contributed by atoms with Crippen molar-refractivity contribution in [2.24, 2.45) is 5.92 Å². The van der Waals surface area contributed by atoms with E-state index in [1.165, 1.54) is 0 Å². The minimum Gasteiger partial charge on any atom is -0.316 e. The number of hydrogen-bond acceptors (Lipinski definition) is 3. The third-order valence-electron chi connectivity index (χ3n) is 3.64. The van der Waals surface area contributed by atoms with Crippen LogP contribution in [0, 0.1) is 12.8 Å². The molecule has 5 heteroatoms. The lowest BCUT2D eigenvalue weighted by Crippen LogP contribution is -2.29. The summed E-state index contributed by atoms with van der Waals surface area (Å²) in [6.07, 6.45) is 1.97. The minimum atomic E-state index is -3.42. The Morgan fingerprint density at radius 1 is 1.20 bits per heavy atom. The maximum atomic E-state index is 12.4. The molecule has 0 saturated heterocycles. The lowest BCUT2D eigenvalue weighted by atomic mass is 10.0. The van der Waals surface area contributed by atoms with E-state index in [4.69, 9.17) is 0 Å². The first kappa shape index (κ1) is 17.1. The summed E-state index contributed by atoms with van der Waals surface area (Å²) in [5, 5.41) is 3.04. The van der Waals surface area contributed by atoms with Crippen molar-refractivity contribution in [1.29, 1.82) is 0 Å². The summed E-state index contributed by atoms with van der Waals surface area (Å²) < 4.78 is 27.6. The van der Waals surface area contributed by atoms with Gasteiger partial charge in [0.1, 0.15) is 0 Å². The summed E-state index contributed by atoms with van der Waals surface area (Å²) in [4.78, 5) is 0.385. The van der Waals surface area contributed by atoms with Gasteiger partial charge in [-0.25, -0.2) is 13.1 Å². The maximum absolute atomic E-state index is 12.4. The van der Waals surface area contributed by atoms with Crippen molar-refractivity contribution < 1.29 is 8.42 Å². The van der Waals surface area contributed by atoms with Crippen LogP contribution in [0.3, 0.4) is 0 Å². The summed E-state index contributed by atoms with van der Waals surface area (Å²) in [5.41, 5.74) is 1.75. The molecule has 0 atom stereocenters. The van der Waals surface area contributed by atoms with Crippen molar-refractivity contribution in [3.63, 3.8) is 0 Å². The molecular formula is C15H26N2O2S. The minimum absolute atomic E-state index is 0.385. The fourth-order valence-corrected chi connectivity index (χ4v) is 3.54. The lowest BCUT2D eigenvalue weighted by molar-refractivity contribution is 0.478. The van der Waals surface area contributed by atoms with Gasteiger partial charge in [0.05, 0.1) is 4.90 Å². The SMILES string of the molecule is CCC(CC)CNS(=O)(=O)c1cc(CNC)ccc1C. The zero-order valence-corrected chi connectivity index (χ0v) is 13.7. The average molecular weight is 298 g/mol. The zero-order valence-electron chi connectivity index (χ0n) is 12.9. The quantitative estimate of drug-likeness (QED) is 0.775. The normalized spacial score (nSPS) is 12.1. The Labute approximate surface area is 123 Å². The molecule has 1 aromatic carbocycles. The van der Waals surface area contributed by atoms with Crippen molar-refractivity contribution in [3.05, 3.63) is 29.3 Å². The Morgan fingerprint density at radius 3 is 2.40 bits per heavy atom. The molecule has 1 rings (SSSR count). The number of benzene rings is 1. The van der Waals surface area contributed by atoms with Crippen molar-refractivity contribution in [3.8, 4) is 0 Å². The van der Waals surface area contributed by atoms with Crippen molar-refractivity contribution in [1.82, 2.24) is 10.0 Å². The molecule has 0 unspecified atom stereocenters. The van der Waals surface area contributed by atoms with Gasteiger partial charge in [0.15, 0.2) is 0 Å². The van der Waals surface area contributed by atoms with Gasteiger partial charge >= 0.3 is 0 Å². The van der Waals surface area contributed by atoms with E-state index in [0.29, 0.717) is 23.9 Å². The molecule has 0 saturated carbocycles. The third kappa shape index (κ3) is 4.58. The molecule has 0 spiro atoms. The first-order chi connectivity index (χ1) is 9.44. The molecule has 114 valence electrons. The van der Waals surface area contributed by atoms with Gasteiger partial charge < -0.3 is 5.32 Å². The van der Waals surface area contributed by atoms with Crippen LogP contribution in [0.25, 0.3) is 0 Å². The molecule has 2 N–H and O–H groups in total. The number of rotatable bonds is 8. The van der Waals surface area contributed by atoms with E-state index in [-0.39, 0.29) is 0 Å². The van der Waals surface area contributed by atoms with Crippen LogP contribution in [0.2, 0.25) is 0 Å². The molecule has 0 radical (unpaired) electrons. The van der Waals surface area contributed by atoms with Crippen molar-refractivity contribution in [2.75, 3.05) is 13.6 Å². The zero-order chi connectivity index (χ0) is 15.2. The lowest BCUT2D eigenvalue weighted by Gasteiger charge is -2.15. The highest BCUT2D eigenvalue weighted by atomic mass is 32.2. The Balaban J connectivity index is 2.93. The fourth-order valence-electron chi connectivity index (χ4n) is 2.13. The van der Waals surface area contributed by atoms with Gasteiger partial charge in [0.2, 0.25) is 10.0 Å². The van der Waals surface area contributed by atoms with Gasteiger partial charge in [-0.15, -0.1) is 0 Å². The molecule has 0 aliphatic heterocycles. The second-order valence-electron chi connectivity index (χ2n) is 5.16. The van der Waals surface area contributed by atoms with E-state index in [0.717, 1.165) is 24.0 Å². The summed E-state index contributed by atoms with van der Waals surface area (Å²) in [6, 6.07) is 5.56. The molecule has 0 amide bonds. The average Bonchev–Trinajstić information content (AvgIpc) is 2.42. The van der Waals surface area contributed by atoms with E-state index < -0.39 is 10.0 Å². The van der Waals surface area contributed by atoms with Crippen LogP contribution in [-0.4, -0.2) is 22.0 Å². The molecule has 0 aromatic heterocycles. The van der Waals surface area contributed by atoms with Crippen LogP contribution < -0.4 is 10.0 Å². The molecule has 0 aliphatic carbocycles. The maximum Gasteiger partial charge on any atom is 0.240 e. The summed E-state index contributed by atoms with van der Waals surface area (Å²) >= 11 is 0. The highest BCUT2D eigenvalue weighted by molar-refractivity contribution is 7.89. The van der Waals surface area contributed by atoms with Crippen molar-refractivity contribution in [2.45, 2.75) is 45.1 Å². The van der Waals surface area contributed by atoms with E-state index >= 15 is 0 Å². The molecule has 4 nitrogen and oxygen atoms in total. The van der Waals surface area contributed by atoms with E-state index in [1.807, 2.05) is 26.1 Å². The highest BCUT2D eigenvalue weighted by Gasteiger charge is 2.18. The van der Waals surface area contributed by atoms with Crippen molar-refractivity contribution >= 4 is 10.0 Å². The summed E-state index contributed by atoms with van der Waals surface area (Å²) in [5.74, 6) is 0.394. The number of aryl methyl sites for hydroxylation is 1. The summed E-state index contributed by atoms with van der Waals surface area (Å²) in [7, 11) is -1.58. The van der Waals surface area contributed by atoms with Crippen LogP contribution in [0.1, 0.15) is 37.8 Å². The fraction of sp³-hybridized carbons (Fsp3) is 0.600. The molecule has 1 aromatic rings. The largest absolute Gasteiger partial charge is 0.316 e.